The number of carbonyl (C=O) groups is 1. The Balaban J connectivity index is 2.01. The van der Waals surface area contributed by atoms with Crippen LogP contribution in [0.2, 0.25) is 0 Å². The van der Waals surface area contributed by atoms with Crippen LogP contribution in [0.4, 0.5) is 18.9 Å². The summed E-state index contributed by atoms with van der Waals surface area (Å²) < 4.78 is 38.6. The van der Waals surface area contributed by atoms with Crippen LogP contribution in [0.3, 0.4) is 0 Å². The molecule has 6 heteroatoms. The van der Waals surface area contributed by atoms with Gasteiger partial charge in [0.25, 0.3) is 0 Å². The molecule has 1 aliphatic rings. The van der Waals surface area contributed by atoms with E-state index in [1.165, 1.54) is 12.1 Å². The molecule has 1 fully saturated rings. The summed E-state index contributed by atoms with van der Waals surface area (Å²) in [5.74, 6) is -0.0827. The fourth-order valence-corrected chi connectivity index (χ4v) is 2.30. The van der Waals surface area contributed by atoms with Crippen LogP contribution >= 0.6 is 0 Å². The Morgan fingerprint density at radius 2 is 1.96 bits per heavy atom. The van der Waals surface area contributed by atoms with Crippen molar-refractivity contribution in [1.82, 2.24) is 4.98 Å². The molecular weight excluding hydrogens is 305 g/mol. The summed E-state index contributed by atoms with van der Waals surface area (Å²) in [5, 5.41) is 2.80. The fourth-order valence-electron chi connectivity index (χ4n) is 2.30. The molecule has 3 rings (SSSR count). The van der Waals surface area contributed by atoms with Crippen LogP contribution < -0.4 is 5.32 Å². The van der Waals surface area contributed by atoms with E-state index in [2.05, 4.69) is 10.3 Å². The van der Waals surface area contributed by atoms with Gasteiger partial charge < -0.3 is 5.32 Å². The Morgan fingerprint density at radius 3 is 2.61 bits per heavy atom. The molecule has 1 saturated carbocycles. The molecule has 3 nitrogen and oxygen atoms in total. The normalized spacial score (nSPS) is 14.6. The smallest absolute Gasteiger partial charge is 0.325 e. The lowest BCUT2D eigenvalue weighted by molar-refractivity contribution is -0.141. The second kappa shape index (κ2) is 5.68. The van der Waals surface area contributed by atoms with Gasteiger partial charge in [-0.1, -0.05) is 17.7 Å². The minimum atomic E-state index is -4.50. The minimum Gasteiger partial charge on any atom is -0.325 e. The molecule has 120 valence electrons. The van der Waals surface area contributed by atoms with Gasteiger partial charge >= 0.3 is 6.18 Å². The molecule has 1 aromatic carbocycles. The lowest BCUT2D eigenvalue weighted by atomic mass is 10.0. The van der Waals surface area contributed by atoms with E-state index in [4.69, 9.17) is 0 Å². The van der Waals surface area contributed by atoms with Crippen molar-refractivity contribution in [3.8, 4) is 11.3 Å². The van der Waals surface area contributed by atoms with Crippen molar-refractivity contribution in [3.05, 3.63) is 47.7 Å². The number of alkyl halides is 3. The van der Waals surface area contributed by atoms with Crippen LogP contribution in [-0.4, -0.2) is 10.9 Å². The Labute approximate surface area is 131 Å². The van der Waals surface area contributed by atoms with E-state index in [-0.39, 0.29) is 17.5 Å². The molecule has 1 heterocycles. The number of amides is 1. The highest BCUT2D eigenvalue weighted by molar-refractivity contribution is 5.97. The number of halogens is 3. The molecule has 1 aliphatic carbocycles. The minimum absolute atomic E-state index is 0.0126. The van der Waals surface area contributed by atoms with E-state index in [9.17, 15) is 18.0 Å². The predicted octanol–water partition coefficient (Wildman–Crippen LogP) is 4.42. The third-order valence-electron chi connectivity index (χ3n) is 3.70. The number of anilines is 1. The first-order chi connectivity index (χ1) is 10.8. The highest BCUT2D eigenvalue weighted by Gasteiger charge is 2.33. The molecule has 0 aliphatic heterocycles. The molecule has 2 aromatic rings. The van der Waals surface area contributed by atoms with Crippen LogP contribution in [0.15, 0.2) is 36.4 Å². The first-order valence-electron chi connectivity index (χ1n) is 7.31. The molecule has 0 unspecified atom stereocenters. The quantitative estimate of drug-likeness (QED) is 0.909. The number of hydrogen-bond acceptors (Lipinski definition) is 2. The molecular formula is C17H15F3N2O. The number of nitrogens with zero attached hydrogens (tertiary/aromatic N) is 1. The first-order valence-corrected chi connectivity index (χ1v) is 7.31. The van der Waals surface area contributed by atoms with Gasteiger partial charge in [-0.15, -0.1) is 0 Å². The van der Waals surface area contributed by atoms with Crippen LogP contribution in [0, 0.1) is 12.8 Å². The van der Waals surface area contributed by atoms with Gasteiger partial charge in [0, 0.05) is 11.5 Å². The zero-order valence-electron chi connectivity index (χ0n) is 12.4. The van der Waals surface area contributed by atoms with Crippen LogP contribution in [0.5, 0.6) is 0 Å². The molecule has 0 spiro atoms. The Bertz CT molecular complexity index is 752. The van der Waals surface area contributed by atoms with E-state index < -0.39 is 11.9 Å². The van der Waals surface area contributed by atoms with Crippen molar-refractivity contribution >= 4 is 11.6 Å². The van der Waals surface area contributed by atoms with Crippen molar-refractivity contribution in [2.75, 3.05) is 5.32 Å². The van der Waals surface area contributed by atoms with Crippen LogP contribution in [0.25, 0.3) is 11.3 Å². The van der Waals surface area contributed by atoms with Crippen molar-refractivity contribution < 1.29 is 18.0 Å². The molecule has 0 saturated heterocycles. The Hall–Kier alpha value is -2.37. The van der Waals surface area contributed by atoms with Crippen molar-refractivity contribution in [3.63, 3.8) is 0 Å². The standard InChI is InChI=1S/C17H15F3N2O/c1-10-5-8-14(22-16(23)11-6-7-11)12(9-10)13-3-2-4-15(21-13)17(18,19)20/h2-5,8-9,11H,6-7H2,1H3,(H,22,23). The van der Waals surface area contributed by atoms with Gasteiger partial charge in [0.05, 0.1) is 11.4 Å². The first kappa shape index (κ1) is 15.5. The van der Waals surface area contributed by atoms with E-state index in [1.54, 1.807) is 18.2 Å². The topological polar surface area (TPSA) is 42.0 Å². The number of rotatable bonds is 3. The summed E-state index contributed by atoms with van der Waals surface area (Å²) in [6.45, 7) is 1.84. The molecule has 1 amide bonds. The third-order valence-corrected chi connectivity index (χ3v) is 3.70. The molecule has 0 bridgehead atoms. The largest absolute Gasteiger partial charge is 0.433 e. The van der Waals surface area contributed by atoms with E-state index in [1.807, 2.05) is 6.92 Å². The number of carbonyl (C=O) groups excluding carboxylic acids is 1. The summed E-state index contributed by atoms with van der Waals surface area (Å²) in [7, 11) is 0. The summed E-state index contributed by atoms with van der Waals surface area (Å²) in [4.78, 5) is 15.7. The van der Waals surface area contributed by atoms with E-state index in [0.29, 0.717) is 11.3 Å². The van der Waals surface area contributed by atoms with Crippen LogP contribution in [-0.2, 0) is 11.0 Å². The van der Waals surface area contributed by atoms with Crippen LogP contribution in [0.1, 0.15) is 24.1 Å². The monoisotopic (exact) mass is 320 g/mol. The van der Waals surface area contributed by atoms with Gasteiger partial charge in [0.1, 0.15) is 5.69 Å². The molecule has 1 N–H and O–H groups in total. The van der Waals surface area contributed by atoms with Gasteiger partial charge in [0.2, 0.25) is 5.91 Å². The Kier molecular flexibility index (Phi) is 3.83. The predicted molar refractivity (Wildman–Crippen MR) is 80.8 cm³/mol. The number of hydrogen-bond donors (Lipinski definition) is 1. The Morgan fingerprint density at radius 1 is 1.22 bits per heavy atom. The van der Waals surface area contributed by atoms with E-state index in [0.717, 1.165) is 24.5 Å². The van der Waals surface area contributed by atoms with Gasteiger partial charge in [-0.2, -0.15) is 13.2 Å². The molecule has 0 atom stereocenters. The fraction of sp³-hybridized carbons (Fsp3) is 0.294. The summed E-state index contributed by atoms with van der Waals surface area (Å²) in [6.07, 6.45) is -2.79. The summed E-state index contributed by atoms with van der Waals surface area (Å²) in [6, 6.07) is 9.00. The SMILES string of the molecule is Cc1ccc(NC(=O)C2CC2)c(-c2cccc(C(F)(F)F)n2)c1. The maximum atomic E-state index is 12.9. The molecule has 0 radical (unpaired) electrons. The van der Waals surface area contributed by atoms with E-state index >= 15 is 0 Å². The number of aromatic nitrogens is 1. The average molecular weight is 320 g/mol. The number of aryl methyl sites for hydroxylation is 1. The number of pyridine rings is 1. The van der Waals surface area contributed by atoms with Gasteiger partial charge in [0.15, 0.2) is 0 Å². The maximum Gasteiger partial charge on any atom is 0.433 e. The zero-order chi connectivity index (χ0) is 16.6. The lowest BCUT2D eigenvalue weighted by Crippen LogP contribution is -2.14. The van der Waals surface area contributed by atoms with Crippen molar-refractivity contribution in [2.45, 2.75) is 25.9 Å². The second-order valence-electron chi connectivity index (χ2n) is 5.72. The third kappa shape index (κ3) is 3.52. The number of benzene rings is 1. The molecule has 1 aromatic heterocycles. The highest BCUT2D eigenvalue weighted by Crippen LogP contribution is 2.34. The van der Waals surface area contributed by atoms with Gasteiger partial charge in [-0.3, -0.25) is 4.79 Å². The summed E-state index contributed by atoms with van der Waals surface area (Å²) in [5.41, 5.74) is 1.10. The van der Waals surface area contributed by atoms with Gasteiger partial charge in [-0.05, 0) is 44.0 Å². The molecule has 23 heavy (non-hydrogen) atoms. The van der Waals surface area contributed by atoms with Crippen molar-refractivity contribution in [1.29, 1.82) is 0 Å². The maximum absolute atomic E-state index is 12.9. The second-order valence-corrected chi connectivity index (χ2v) is 5.72. The zero-order valence-corrected chi connectivity index (χ0v) is 12.4. The van der Waals surface area contributed by atoms with Gasteiger partial charge in [-0.25, -0.2) is 4.98 Å². The van der Waals surface area contributed by atoms with Crippen molar-refractivity contribution in [2.24, 2.45) is 5.92 Å². The summed E-state index contributed by atoms with van der Waals surface area (Å²) >= 11 is 0. The highest BCUT2D eigenvalue weighted by atomic mass is 19.4. The number of nitrogens with one attached hydrogen (secondary N) is 1. The lowest BCUT2D eigenvalue weighted by Gasteiger charge is -2.13. The average Bonchev–Trinajstić information content (AvgIpc) is 3.33.